The van der Waals surface area contributed by atoms with Crippen LogP contribution in [0.1, 0.15) is 19.9 Å². The average molecular weight is 252 g/mol. The maximum Gasteiger partial charge on any atom is 0.308 e. The van der Waals surface area contributed by atoms with Gasteiger partial charge >= 0.3 is 5.97 Å². The number of nitrogens with zero attached hydrogens (tertiary/aromatic N) is 4. The van der Waals surface area contributed by atoms with Crippen molar-refractivity contribution in [2.24, 2.45) is 11.8 Å². The first-order valence-corrected chi connectivity index (χ1v) is 5.86. The van der Waals surface area contributed by atoms with Crippen molar-refractivity contribution in [2.75, 3.05) is 13.1 Å². The molecule has 0 spiro atoms. The summed E-state index contributed by atoms with van der Waals surface area (Å²) >= 11 is 0. The number of aliphatic carboxylic acids is 1. The molecule has 1 fully saturated rings. The normalized spacial score (nSPS) is 25.1. The molecule has 7 heteroatoms. The molecule has 1 aromatic rings. The molecule has 0 bridgehead atoms. The third-order valence-electron chi connectivity index (χ3n) is 3.43. The van der Waals surface area contributed by atoms with Crippen LogP contribution in [0.4, 0.5) is 0 Å². The highest BCUT2D eigenvalue weighted by Gasteiger charge is 2.38. The Kier molecular flexibility index (Phi) is 3.31. The Hall–Kier alpha value is -1.92. The summed E-state index contributed by atoms with van der Waals surface area (Å²) in [4.78, 5) is 28.6. The molecule has 2 heterocycles. The van der Waals surface area contributed by atoms with Crippen molar-refractivity contribution in [3.63, 3.8) is 0 Å². The van der Waals surface area contributed by atoms with Gasteiger partial charge in [0.2, 0.25) is 5.91 Å². The molecular formula is C11H16N4O3. The largest absolute Gasteiger partial charge is 0.481 e. The van der Waals surface area contributed by atoms with Crippen LogP contribution < -0.4 is 0 Å². The molecule has 1 saturated heterocycles. The van der Waals surface area contributed by atoms with Crippen molar-refractivity contribution in [3.8, 4) is 0 Å². The minimum atomic E-state index is -0.841. The summed E-state index contributed by atoms with van der Waals surface area (Å²) in [5, 5.41) is 13.0. The van der Waals surface area contributed by atoms with Gasteiger partial charge < -0.3 is 10.0 Å². The highest BCUT2D eigenvalue weighted by Crippen LogP contribution is 2.25. The van der Waals surface area contributed by atoms with Crippen LogP contribution in [-0.2, 0) is 9.59 Å². The van der Waals surface area contributed by atoms with Gasteiger partial charge in [-0.25, -0.2) is 9.67 Å². The zero-order valence-corrected chi connectivity index (χ0v) is 10.4. The fraction of sp³-hybridized carbons (Fsp3) is 0.636. The van der Waals surface area contributed by atoms with E-state index < -0.39 is 17.9 Å². The first-order chi connectivity index (χ1) is 8.50. The van der Waals surface area contributed by atoms with E-state index in [9.17, 15) is 9.59 Å². The quantitative estimate of drug-likeness (QED) is 0.819. The number of aromatic nitrogens is 3. The molecule has 7 nitrogen and oxygen atoms in total. The number of hydrogen-bond donors (Lipinski definition) is 1. The van der Waals surface area contributed by atoms with Crippen LogP contribution in [0, 0.1) is 11.8 Å². The monoisotopic (exact) mass is 252 g/mol. The third kappa shape index (κ3) is 2.20. The van der Waals surface area contributed by atoms with Crippen molar-refractivity contribution in [1.82, 2.24) is 19.7 Å². The number of carboxylic acid groups (broad SMARTS) is 1. The number of carbonyl (C=O) groups is 2. The Labute approximate surface area is 104 Å². The van der Waals surface area contributed by atoms with E-state index in [2.05, 4.69) is 10.1 Å². The zero-order valence-electron chi connectivity index (χ0n) is 10.4. The van der Waals surface area contributed by atoms with Crippen LogP contribution in [0.25, 0.3) is 0 Å². The molecule has 0 saturated carbocycles. The van der Waals surface area contributed by atoms with Crippen molar-refractivity contribution in [2.45, 2.75) is 19.9 Å². The van der Waals surface area contributed by atoms with Gasteiger partial charge in [-0.15, -0.1) is 0 Å². The second kappa shape index (κ2) is 4.75. The first-order valence-electron chi connectivity index (χ1n) is 5.86. The molecule has 3 atom stereocenters. The fourth-order valence-corrected chi connectivity index (χ4v) is 2.26. The summed E-state index contributed by atoms with van der Waals surface area (Å²) in [6.07, 6.45) is 2.85. The first kappa shape index (κ1) is 12.5. The van der Waals surface area contributed by atoms with Crippen molar-refractivity contribution in [3.05, 3.63) is 12.7 Å². The SMILES string of the molecule is CC(C(=O)N1C[C@@H](C)[C@H](C(=O)O)C1)n1cncn1. The molecule has 0 aliphatic carbocycles. The minimum absolute atomic E-state index is 0.0191. The topological polar surface area (TPSA) is 88.3 Å². The van der Waals surface area contributed by atoms with Gasteiger partial charge in [0.05, 0.1) is 5.92 Å². The van der Waals surface area contributed by atoms with Crippen molar-refractivity contribution < 1.29 is 14.7 Å². The minimum Gasteiger partial charge on any atom is -0.481 e. The summed E-state index contributed by atoms with van der Waals surface area (Å²) in [5.41, 5.74) is 0. The van der Waals surface area contributed by atoms with Crippen LogP contribution >= 0.6 is 0 Å². The Morgan fingerprint density at radius 3 is 2.67 bits per heavy atom. The Morgan fingerprint density at radius 2 is 2.17 bits per heavy atom. The predicted molar refractivity (Wildman–Crippen MR) is 61.6 cm³/mol. The van der Waals surface area contributed by atoms with Gasteiger partial charge in [0.1, 0.15) is 18.7 Å². The van der Waals surface area contributed by atoms with Crippen molar-refractivity contribution >= 4 is 11.9 Å². The van der Waals surface area contributed by atoms with Crippen LogP contribution in [0.2, 0.25) is 0 Å². The molecule has 0 aromatic carbocycles. The van der Waals surface area contributed by atoms with Crippen molar-refractivity contribution in [1.29, 1.82) is 0 Å². The van der Waals surface area contributed by atoms with E-state index in [0.717, 1.165) is 0 Å². The lowest BCUT2D eigenvalue weighted by atomic mass is 9.99. The molecule has 98 valence electrons. The van der Waals surface area contributed by atoms with Gasteiger partial charge in [-0.3, -0.25) is 9.59 Å². The smallest absolute Gasteiger partial charge is 0.308 e. The molecular weight excluding hydrogens is 236 g/mol. The van der Waals surface area contributed by atoms with Crippen LogP contribution in [-0.4, -0.2) is 49.7 Å². The van der Waals surface area contributed by atoms with Crippen LogP contribution in [0.15, 0.2) is 12.7 Å². The molecule has 1 aliphatic rings. The van der Waals surface area contributed by atoms with E-state index in [4.69, 9.17) is 5.11 Å². The molecule has 1 amide bonds. The molecule has 2 rings (SSSR count). The highest BCUT2D eigenvalue weighted by molar-refractivity contribution is 5.81. The third-order valence-corrected chi connectivity index (χ3v) is 3.43. The lowest BCUT2D eigenvalue weighted by Gasteiger charge is -2.20. The van der Waals surface area contributed by atoms with E-state index in [1.165, 1.54) is 17.3 Å². The molecule has 1 N–H and O–H groups in total. The predicted octanol–water partition coefficient (Wildman–Crippen LogP) is 0.0182. The number of rotatable bonds is 3. The van der Waals surface area contributed by atoms with Gasteiger partial charge in [0, 0.05) is 13.1 Å². The number of amides is 1. The number of hydrogen-bond acceptors (Lipinski definition) is 4. The Bertz CT molecular complexity index is 445. The highest BCUT2D eigenvalue weighted by atomic mass is 16.4. The van der Waals surface area contributed by atoms with E-state index >= 15 is 0 Å². The van der Waals surface area contributed by atoms with E-state index in [-0.39, 0.29) is 18.4 Å². The summed E-state index contributed by atoms with van der Waals surface area (Å²) in [7, 11) is 0. The lowest BCUT2D eigenvalue weighted by molar-refractivity contribution is -0.142. The van der Waals surface area contributed by atoms with Gasteiger partial charge in [-0.2, -0.15) is 5.10 Å². The second-order valence-corrected chi connectivity index (χ2v) is 4.72. The van der Waals surface area contributed by atoms with E-state index in [1.54, 1.807) is 11.8 Å². The molecule has 18 heavy (non-hydrogen) atoms. The van der Waals surface area contributed by atoms with Gasteiger partial charge in [-0.05, 0) is 12.8 Å². The molecule has 1 unspecified atom stereocenters. The summed E-state index contributed by atoms with van der Waals surface area (Å²) in [6.45, 7) is 4.34. The summed E-state index contributed by atoms with van der Waals surface area (Å²) < 4.78 is 1.47. The standard InChI is InChI=1S/C11H16N4O3/c1-7-3-14(4-9(7)11(17)18)10(16)8(2)15-6-12-5-13-15/h5-9H,3-4H2,1-2H3,(H,17,18)/t7-,8?,9-/m1/s1. The average Bonchev–Trinajstić information content (AvgIpc) is 2.95. The van der Waals surface area contributed by atoms with Gasteiger partial charge in [-0.1, -0.05) is 6.92 Å². The lowest BCUT2D eigenvalue weighted by Crippen LogP contribution is -2.35. The molecule has 1 aromatic heterocycles. The van der Waals surface area contributed by atoms with Gasteiger partial charge in [0.25, 0.3) is 0 Å². The Balaban J connectivity index is 2.05. The van der Waals surface area contributed by atoms with Crippen LogP contribution in [0.3, 0.4) is 0 Å². The van der Waals surface area contributed by atoms with E-state index in [0.29, 0.717) is 6.54 Å². The summed E-state index contributed by atoms with van der Waals surface area (Å²) in [5.74, 6) is -1.45. The van der Waals surface area contributed by atoms with Gasteiger partial charge in [0.15, 0.2) is 0 Å². The van der Waals surface area contributed by atoms with E-state index in [1.807, 2.05) is 6.92 Å². The molecule has 1 aliphatic heterocycles. The number of carbonyl (C=O) groups excluding carboxylic acids is 1. The second-order valence-electron chi connectivity index (χ2n) is 4.72. The molecule has 0 radical (unpaired) electrons. The zero-order chi connectivity index (χ0) is 13.3. The number of likely N-dealkylation sites (tertiary alicyclic amines) is 1. The Morgan fingerprint density at radius 1 is 1.44 bits per heavy atom. The van der Waals surface area contributed by atoms with Crippen LogP contribution in [0.5, 0.6) is 0 Å². The number of carboxylic acids is 1. The maximum absolute atomic E-state index is 12.2. The summed E-state index contributed by atoms with van der Waals surface area (Å²) in [6, 6.07) is -0.452. The maximum atomic E-state index is 12.2. The fourth-order valence-electron chi connectivity index (χ4n) is 2.26.